The van der Waals surface area contributed by atoms with Crippen molar-refractivity contribution in [3.05, 3.63) is 29.6 Å². The average Bonchev–Trinajstić information content (AvgIpc) is 2.95. The third-order valence-electron chi connectivity index (χ3n) is 3.81. The van der Waals surface area contributed by atoms with E-state index in [4.69, 9.17) is 5.26 Å². The highest BCUT2D eigenvalue weighted by atomic mass is 16.2. The summed E-state index contributed by atoms with van der Waals surface area (Å²) >= 11 is 0. The van der Waals surface area contributed by atoms with Crippen LogP contribution in [0.5, 0.6) is 0 Å². The van der Waals surface area contributed by atoms with Crippen LogP contribution in [0.3, 0.4) is 0 Å². The second-order valence-corrected chi connectivity index (χ2v) is 5.10. The zero-order valence-corrected chi connectivity index (χ0v) is 11.0. The molecule has 0 spiro atoms. The molecule has 2 fully saturated rings. The lowest BCUT2D eigenvalue weighted by Crippen LogP contribution is -2.56. The fraction of sp³-hybridized carbons (Fsp3) is 0.429. The molecule has 20 heavy (non-hydrogen) atoms. The van der Waals surface area contributed by atoms with E-state index in [0.29, 0.717) is 18.8 Å². The van der Waals surface area contributed by atoms with Crippen molar-refractivity contribution in [2.75, 3.05) is 13.1 Å². The Balaban J connectivity index is 1.78. The summed E-state index contributed by atoms with van der Waals surface area (Å²) in [4.78, 5) is 31.5. The minimum Gasteiger partial charge on any atom is -0.329 e. The van der Waals surface area contributed by atoms with Gasteiger partial charge in [-0.2, -0.15) is 5.26 Å². The number of fused-ring (bicyclic) bond motifs is 1. The van der Waals surface area contributed by atoms with Gasteiger partial charge in [0, 0.05) is 19.3 Å². The Hall–Kier alpha value is -2.42. The van der Waals surface area contributed by atoms with Gasteiger partial charge in [0.1, 0.15) is 24.3 Å². The van der Waals surface area contributed by atoms with Crippen LogP contribution in [0.2, 0.25) is 0 Å². The minimum absolute atomic E-state index is 0.0115. The van der Waals surface area contributed by atoms with Crippen LogP contribution in [0.25, 0.3) is 0 Å². The van der Waals surface area contributed by atoms with E-state index in [2.05, 4.69) is 4.98 Å². The van der Waals surface area contributed by atoms with Gasteiger partial charge < -0.3 is 9.80 Å². The maximum atomic E-state index is 12.4. The molecule has 0 N–H and O–H groups in total. The molecule has 0 saturated carbocycles. The van der Waals surface area contributed by atoms with Gasteiger partial charge in [-0.15, -0.1) is 0 Å². The van der Waals surface area contributed by atoms with Crippen molar-refractivity contribution in [3.8, 4) is 6.07 Å². The van der Waals surface area contributed by atoms with Crippen LogP contribution in [-0.4, -0.2) is 45.7 Å². The van der Waals surface area contributed by atoms with Gasteiger partial charge >= 0.3 is 0 Å². The van der Waals surface area contributed by atoms with Crippen molar-refractivity contribution in [2.45, 2.75) is 25.4 Å². The quantitative estimate of drug-likeness (QED) is 0.773. The first-order valence-electron chi connectivity index (χ1n) is 6.62. The molecule has 0 aliphatic carbocycles. The Morgan fingerprint density at radius 2 is 2.30 bits per heavy atom. The third-order valence-corrected chi connectivity index (χ3v) is 3.81. The van der Waals surface area contributed by atoms with Crippen LogP contribution in [-0.2, 0) is 16.1 Å². The molecule has 6 nitrogen and oxygen atoms in total. The van der Waals surface area contributed by atoms with E-state index in [1.54, 1.807) is 28.1 Å². The van der Waals surface area contributed by atoms with Crippen LogP contribution in [0, 0.1) is 11.3 Å². The number of carbonyl (C=O) groups is 2. The van der Waals surface area contributed by atoms with Crippen molar-refractivity contribution >= 4 is 11.8 Å². The number of pyridine rings is 1. The van der Waals surface area contributed by atoms with Gasteiger partial charge in [-0.3, -0.25) is 9.59 Å². The van der Waals surface area contributed by atoms with E-state index >= 15 is 0 Å². The highest BCUT2D eigenvalue weighted by molar-refractivity contribution is 5.95. The molecular formula is C14H14N4O2. The summed E-state index contributed by atoms with van der Waals surface area (Å²) in [6.07, 6.45) is 3.19. The number of carbonyl (C=O) groups excluding carboxylic acids is 2. The SMILES string of the molecule is N#Cc1cc(CN2CC(=O)N3CCCC3C2=O)ccn1. The maximum absolute atomic E-state index is 12.4. The number of nitrogens with zero attached hydrogens (tertiary/aromatic N) is 4. The summed E-state index contributed by atoms with van der Waals surface area (Å²) in [5.41, 5.74) is 1.14. The number of hydrogen-bond donors (Lipinski definition) is 0. The minimum atomic E-state index is -0.284. The van der Waals surface area contributed by atoms with Crippen LogP contribution >= 0.6 is 0 Å². The van der Waals surface area contributed by atoms with Gasteiger partial charge in [-0.1, -0.05) is 0 Å². The topological polar surface area (TPSA) is 77.3 Å². The molecule has 3 heterocycles. The fourth-order valence-corrected chi connectivity index (χ4v) is 2.85. The summed E-state index contributed by atoms with van der Waals surface area (Å²) in [5, 5.41) is 8.83. The van der Waals surface area contributed by atoms with E-state index in [0.717, 1.165) is 18.4 Å². The Kier molecular flexibility index (Phi) is 3.11. The first kappa shape index (κ1) is 12.6. The third kappa shape index (κ3) is 2.11. The average molecular weight is 270 g/mol. The molecular weight excluding hydrogens is 256 g/mol. The molecule has 1 aromatic rings. The van der Waals surface area contributed by atoms with Gasteiger partial charge in [0.25, 0.3) is 0 Å². The molecule has 1 aromatic heterocycles. The van der Waals surface area contributed by atoms with Crippen LogP contribution in [0.1, 0.15) is 24.1 Å². The van der Waals surface area contributed by atoms with Crippen LogP contribution in [0.15, 0.2) is 18.3 Å². The molecule has 2 saturated heterocycles. The van der Waals surface area contributed by atoms with Crippen molar-refractivity contribution in [2.24, 2.45) is 0 Å². The largest absolute Gasteiger partial charge is 0.329 e. The number of amides is 2. The van der Waals surface area contributed by atoms with Crippen LogP contribution < -0.4 is 0 Å². The van der Waals surface area contributed by atoms with E-state index < -0.39 is 0 Å². The fourth-order valence-electron chi connectivity index (χ4n) is 2.85. The van der Waals surface area contributed by atoms with Crippen molar-refractivity contribution in [1.82, 2.24) is 14.8 Å². The summed E-state index contributed by atoms with van der Waals surface area (Å²) in [5.74, 6) is 0.0269. The number of piperazine rings is 1. The van der Waals surface area contributed by atoms with E-state index in [9.17, 15) is 9.59 Å². The molecule has 6 heteroatoms. The highest BCUT2D eigenvalue weighted by Gasteiger charge is 2.41. The molecule has 2 amide bonds. The normalized spacial score (nSPS) is 21.9. The molecule has 102 valence electrons. The number of rotatable bonds is 2. The van der Waals surface area contributed by atoms with Crippen molar-refractivity contribution in [3.63, 3.8) is 0 Å². The van der Waals surface area contributed by atoms with E-state index in [1.807, 2.05) is 6.07 Å². The van der Waals surface area contributed by atoms with Crippen molar-refractivity contribution in [1.29, 1.82) is 5.26 Å². The van der Waals surface area contributed by atoms with Gasteiger partial charge in [0.2, 0.25) is 11.8 Å². The van der Waals surface area contributed by atoms with Crippen LogP contribution in [0.4, 0.5) is 0 Å². The lowest BCUT2D eigenvalue weighted by atomic mass is 10.1. The lowest BCUT2D eigenvalue weighted by Gasteiger charge is -2.36. The monoisotopic (exact) mass is 270 g/mol. The molecule has 1 unspecified atom stereocenters. The van der Waals surface area contributed by atoms with Crippen molar-refractivity contribution < 1.29 is 9.59 Å². The summed E-state index contributed by atoms with van der Waals surface area (Å²) in [6, 6.07) is 5.10. The van der Waals surface area contributed by atoms with Gasteiger partial charge in [0.05, 0.1) is 0 Å². The molecule has 1 atom stereocenters. The standard InChI is InChI=1S/C14H14N4O2/c15-7-11-6-10(3-4-16-11)8-17-9-13(19)18-5-1-2-12(18)14(17)20/h3-4,6,12H,1-2,5,8-9H2. The summed E-state index contributed by atoms with van der Waals surface area (Å²) in [6.45, 7) is 1.17. The molecule has 0 bridgehead atoms. The van der Waals surface area contributed by atoms with E-state index in [1.165, 1.54) is 0 Å². The Labute approximate surface area is 116 Å². The predicted molar refractivity (Wildman–Crippen MR) is 69.1 cm³/mol. The first-order valence-corrected chi connectivity index (χ1v) is 6.62. The summed E-state index contributed by atoms with van der Waals surface area (Å²) in [7, 11) is 0. The molecule has 2 aliphatic heterocycles. The van der Waals surface area contributed by atoms with E-state index in [-0.39, 0.29) is 24.4 Å². The number of aromatic nitrogens is 1. The Bertz CT molecular complexity index is 607. The Morgan fingerprint density at radius 1 is 1.45 bits per heavy atom. The molecule has 2 aliphatic rings. The zero-order valence-electron chi connectivity index (χ0n) is 11.0. The van der Waals surface area contributed by atoms with Gasteiger partial charge in [0.15, 0.2) is 0 Å². The molecule has 3 rings (SSSR count). The number of hydrogen-bond acceptors (Lipinski definition) is 4. The summed E-state index contributed by atoms with van der Waals surface area (Å²) < 4.78 is 0. The van der Waals surface area contributed by atoms with Gasteiger partial charge in [-0.05, 0) is 30.5 Å². The smallest absolute Gasteiger partial charge is 0.246 e. The second kappa shape index (κ2) is 4.93. The lowest BCUT2D eigenvalue weighted by molar-refractivity contribution is -0.154. The first-order chi connectivity index (χ1) is 9.69. The molecule has 0 aromatic carbocycles. The second-order valence-electron chi connectivity index (χ2n) is 5.10. The maximum Gasteiger partial charge on any atom is 0.246 e. The predicted octanol–water partition coefficient (Wildman–Crippen LogP) is 0.286. The highest BCUT2D eigenvalue weighted by Crippen LogP contribution is 2.24. The Morgan fingerprint density at radius 3 is 3.10 bits per heavy atom. The molecule has 0 radical (unpaired) electrons. The number of nitriles is 1. The van der Waals surface area contributed by atoms with Gasteiger partial charge in [-0.25, -0.2) is 4.98 Å². The zero-order chi connectivity index (χ0) is 14.1.